The molecular weight excluding hydrogens is 304 g/mol. The Morgan fingerprint density at radius 2 is 2.08 bits per heavy atom. The quantitative estimate of drug-likeness (QED) is 0.827. The summed E-state index contributed by atoms with van der Waals surface area (Å²) in [6.07, 6.45) is 1.86. The molecule has 2 fully saturated rings. The van der Waals surface area contributed by atoms with Gasteiger partial charge in [0.15, 0.2) is 0 Å². The van der Waals surface area contributed by atoms with Crippen LogP contribution in [0.25, 0.3) is 0 Å². The summed E-state index contributed by atoms with van der Waals surface area (Å²) in [7, 11) is 0. The van der Waals surface area contributed by atoms with E-state index in [4.69, 9.17) is 9.47 Å². The van der Waals surface area contributed by atoms with Gasteiger partial charge in [0.25, 0.3) is 5.91 Å². The van der Waals surface area contributed by atoms with Crippen LogP contribution in [0.2, 0.25) is 0 Å². The Morgan fingerprint density at radius 1 is 1.25 bits per heavy atom. The maximum atomic E-state index is 12.8. The van der Waals surface area contributed by atoms with E-state index in [0.717, 1.165) is 51.3 Å². The number of benzene rings is 1. The van der Waals surface area contributed by atoms with Gasteiger partial charge in [0.1, 0.15) is 11.9 Å². The van der Waals surface area contributed by atoms with Crippen LogP contribution in [0.3, 0.4) is 0 Å². The van der Waals surface area contributed by atoms with Gasteiger partial charge in [-0.2, -0.15) is 0 Å². The molecule has 132 valence electrons. The van der Waals surface area contributed by atoms with Crippen molar-refractivity contribution in [2.24, 2.45) is 5.92 Å². The number of rotatable bonds is 5. The topological polar surface area (TPSA) is 42.0 Å². The molecule has 5 nitrogen and oxygen atoms in total. The minimum Gasteiger partial charge on any atom is -0.493 e. The smallest absolute Gasteiger partial charge is 0.253 e. The van der Waals surface area contributed by atoms with Gasteiger partial charge in [-0.3, -0.25) is 9.69 Å². The Bertz CT molecular complexity index is 523. The Labute approximate surface area is 144 Å². The Balaban J connectivity index is 1.50. The van der Waals surface area contributed by atoms with Gasteiger partial charge in [0.05, 0.1) is 13.2 Å². The van der Waals surface area contributed by atoms with E-state index in [1.807, 2.05) is 35.2 Å². The number of hydrogen-bond acceptors (Lipinski definition) is 4. The molecule has 2 aliphatic heterocycles. The third kappa shape index (κ3) is 4.48. The number of carbonyl (C=O) groups is 1. The number of para-hydroxylation sites is 1. The highest BCUT2D eigenvalue weighted by Crippen LogP contribution is 2.20. The van der Waals surface area contributed by atoms with Gasteiger partial charge in [-0.25, -0.2) is 0 Å². The average Bonchev–Trinajstić information content (AvgIpc) is 2.67. The molecule has 2 heterocycles. The number of piperidine rings is 1. The lowest BCUT2D eigenvalue weighted by Gasteiger charge is -2.37. The number of morpholine rings is 1. The average molecular weight is 332 g/mol. The standard InChI is InChI=1S/C19H28N2O3/c1-2-20-11-12-23-18(14-20)19(22)21-10-6-7-16(13-21)15-24-17-8-4-3-5-9-17/h3-5,8-9,16,18H,2,6-7,10-15H2,1H3. The molecule has 2 unspecified atom stereocenters. The second kappa shape index (κ2) is 8.49. The molecule has 1 amide bonds. The monoisotopic (exact) mass is 332 g/mol. The highest BCUT2D eigenvalue weighted by molar-refractivity contribution is 5.81. The lowest BCUT2D eigenvalue weighted by Crippen LogP contribution is -2.53. The van der Waals surface area contributed by atoms with Crippen molar-refractivity contribution in [2.45, 2.75) is 25.9 Å². The Hall–Kier alpha value is -1.59. The van der Waals surface area contributed by atoms with Crippen LogP contribution in [0.5, 0.6) is 5.75 Å². The van der Waals surface area contributed by atoms with Crippen molar-refractivity contribution >= 4 is 5.91 Å². The van der Waals surface area contributed by atoms with Crippen LogP contribution in [-0.4, -0.2) is 67.7 Å². The summed E-state index contributed by atoms with van der Waals surface area (Å²) in [4.78, 5) is 17.0. The molecule has 2 atom stereocenters. The van der Waals surface area contributed by atoms with Gasteiger partial charge in [-0.05, 0) is 31.5 Å². The van der Waals surface area contributed by atoms with E-state index in [-0.39, 0.29) is 12.0 Å². The van der Waals surface area contributed by atoms with Crippen LogP contribution in [0.1, 0.15) is 19.8 Å². The highest BCUT2D eigenvalue weighted by atomic mass is 16.5. The van der Waals surface area contributed by atoms with E-state index < -0.39 is 0 Å². The van der Waals surface area contributed by atoms with Crippen LogP contribution in [0.4, 0.5) is 0 Å². The van der Waals surface area contributed by atoms with E-state index in [2.05, 4.69) is 11.8 Å². The van der Waals surface area contributed by atoms with Crippen LogP contribution < -0.4 is 4.74 Å². The van der Waals surface area contributed by atoms with Crippen molar-refractivity contribution < 1.29 is 14.3 Å². The number of hydrogen-bond donors (Lipinski definition) is 0. The molecule has 2 aliphatic rings. The molecule has 24 heavy (non-hydrogen) atoms. The molecule has 0 aromatic heterocycles. The Morgan fingerprint density at radius 3 is 2.88 bits per heavy atom. The molecule has 0 spiro atoms. The summed E-state index contributed by atoms with van der Waals surface area (Å²) in [5.74, 6) is 1.45. The highest BCUT2D eigenvalue weighted by Gasteiger charge is 2.32. The summed E-state index contributed by atoms with van der Waals surface area (Å²) in [5, 5.41) is 0. The maximum absolute atomic E-state index is 12.8. The summed E-state index contributed by atoms with van der Waals surface area (Å²) in [6, 6.07) is 9.89. The van der Waals surface area contributed by atoms with Crippen LogP contribution in [0, 0.1) is 5.92 Å². The summed E-state index contributed by atoms with van der Waals surface area (Å²) in [5.41, 5.74) is 0. The molecule has 0 saturated carbocycles. The van der Waals surface area contributed by atoms with Gasteiger partial charge < -0.3 is 14.4 Å². The minimum atomic E-state index is -0.299. The zero-order valence-electron chi connectivity index (χ0n) is 14.5. The number of carbonyl (C=O) groups excluding carboxylic acids is 1. The van der Waals surface area contributed by atoms with Crippen molar-refractivity contribution in [2.75, 3.05) is 45.9 Å². The van der Waals surface area contributed by atoms with Gasteiger partial charge >= 0.3 is 0 Å². The third-order valence-electron chi connectivity index (χ3n) is 4.93. The molecule has 0 N–H and O–H groups in total. The number of likely N-dealkylation sites (tertiary alicyclic amines) is 1. The predicted octanol–water partition coefficient (Wildman–Crippen LogP) is 2.02. The lowest BCUT2D eigenvalue weighted by molar-refractivity contribution is -0.151. The van der Waals surface area contributed by atoms with Crippen molar-refractivity contribution in [3.8, 4) is 5.75 Å². The van der Waals surface area contributed by atoms with Crippen molar-refractivity contribution in [1.82, 2.24) is 9.80 Å². The first-order chi connectivity index (χ1) is 11.8. The molecule has 5 heteroatoms. The van der Waals surface area contributed by atoms with E-state index in [9.17, 15) is 4.79 Å². The number of likely N-dealkylation sites (N-methyl/N-ethyl adjacent to an activating group) is 1. The van der Waals surface area contributed by atoms with Gasteiger partial charge in [0, 0.05) is 32.1 Å². The fourth-order valence-corrected chi connectivity index (χ4v) is 3.47. The molecule has 0 bridgehead atoms. The summed E-state index contributed by atoms with van der Waals surface area (Å²) < 4.78 is 11.6. The van der Waals surface area contributed by atoms with E-state index in [1.165, 1.54) is 0 Å². The predicted molar refractivity (Wildman–Crippen MR) is 93.1 cm³/mol. The number of nitrogens with zero attached hydrogens (tertiary/aromatic N) is 2. The second-order valence-corrected chi connectivity index (χ2v) is 6.67. The molecule has 0 radical (unpaired) electrons. The number of ether oxygens (including phenoxy) is 2. The van der Waals surface area contributed by atoms with E-state index in [0.29, 0.717) is 19.1 Å². The summed E-state index contributed by atoms with van der Waals surface area (Å²) >= 11 is 0. The van der Waals surface area contributed by atoms with E-state index in [1.54, 1.807) is 0 Å². The SMILES string of the molecule is CCN1CCOC(C(=O)N2CCCC(COc3ccccc3)C2)C1. The number of amides is 1. The lowest BCUT2D eigenvalue weighted by atomic mass is 9.98. The molecule has 2 saturated heterocycles. The first-order valence-electron chi connectivity index (χ1n) is 9.07. The fourth-order valence-electron chi connectivity index (χ4n) is 3.47. The van der Waals surface area contributed by atoms with Gasteiger partial charge in [0.2, 0.25) is 0 Å². The minimum absolute atomic E-state index is 0.151. The first-order valence-corrected chi connectivity index (χ1v) is 9.07. The van der Waals surface area contributed by atoms with Crippen molar-refractivity contribution in [3.63, 3.8) is 0 Å². The molecular formula is C19H28N2O3. The molecule has 3 rings (SSSR count). The van der Waals surface area contributed by atoms with E-state index >= 15 is 0 Å². The van der Waals surface area contributed by atoms with Crippen LogP contribution in [0.15, 0.2) is 30.3 Å². The molecule has 1 aromatic carbocycles. The van der Waals surface area contributed by atoms with Crippen molar-refractivity contribution in [1.29, 1.82) is 0 Å². The fraction of sp³-hybridized carbons (Fsp3) is 0.632. The third-order valence-corrected chi connectivity index (χ3v) is 4.93. The van der Waals surface area contributed by atoms with Crippen molar-refractivity contribution in [3.05, 3.63) is 30.3 Å². The van der Waals surface area contributed by atoms with Crippen LogP contribution in [-0.2, 0) is 9.53 Å². The molecule has 0 aliphatic carbocycles. The largest absolute Gasteiger partial charge is 0.493 e. The Kier molecular flexibility index (Phi) is 6.10. The normalized spacial score (nSPS) is 25.5. The van der Waals surface area contributed by atoms with Gasteiger partial charge in [-0.1, -0.05) is 25.1 Å². The first kappa shape index (κ1) is 17.2. The molecule has 1 aromatic rings. The zero-order valence-corrected chi connectivity index (χ0v) is 14.5. The summed E-state index contributed by atoms with van der Waals surface area (Å²) in [6.45, 7) is 7.68. The zero-order chi connectivity index (χ0) is 16.8. The van der Waals surface area contributed by atoms with Crippen LogP contribution >= 0.6 is 0 Å². The van der Waals surface area contributed by atoms with Gasteiger partial charge in [-0.15, -0.1) is 0 Å². The maximum Gasteiger partial charge on any atom is 0.253 e. The second-order valence-electron chi connectivity index (χ2n) is 6.67.